The molecule has 3 aromatic heterocycles. The van der Waals surface area contributed by atoms with Crippen molar-refractivity contribution in [2.45, 2.75) is 25.4 Å². The summed E-state index contributed by atoms with van der Waals surface area (Å²) in [5, 5.41) is 4.49. The lowest BCUT2D eigenvalue weighted by Gasteiger charge is -2.22. The molecular weight excluding hydrogens is 408 g/mol. The van der Waals surface area contributed by atoms with E-state index in [9.17, 15) is 17.6 Å². The Morgan fingerprint density at radius 1 is 0.871 bits per heavy atom. The first-order valence-corrected chi connectivity index (χ1v) is 9.48. The summed E-state index contributed by atoms with van der Waals surface area (Å²) >= 11 is 0. The molecule has 4 aromatic rings. The second-order valence-electron chi connectivity index (χ2n) is 7.57. The summed E-state index contributed by atoms with van der Waals surface area (Å²) in [5.41, 5.74) is 0.860. The van der Waals surface area contributed by atoms with Gasteiger partial charge >= 0.3 is 6.18 Å². The number of nitrogens with zero attached hydrogens (tertiary/aromatic N) is 4. The highest BCUT2D eigenvalue weighted by atomic mass is 19.4. The highest BCUT2D eigenvalue weighted by Crippen LogP contribution is 2.33. The Labute approximate surface area is 176 Å². The zero-order valence-corrected chi connectivity index (χ0v) is 16.7. The van der Waals surface area contributed by atoms with Crippen molar-refractivity contribution in [3.05, 3.63) is 96.0 Å². The van der Waals surface area contributed by atoms with Gasteiger partial charge in [0.1, 0.15) is 0 Å². The quantitative estimate of drug-likeness (QED) is 0.305. The molecule has 0 radical (unpaired) electrons. The lowest BCUT2D eigenvalue weighted by molar-refractivity contribution is -0.137. The summed E-state index contributed by atoms with van der Waals surface area (Å²) in [6.07, 6.45) is -1.46. The van der Waals surface area contributed by atoms with E-state index in [-0.39, 0.29) is 5.56 Å². The highest BCUT2D eigenvalue weighted by molar-refractivity contribution is 5.59. The van der Waals surface area contributed by atoms with E-state index in [1.165, 1.54) is 16.9 Å². The Kier molecular flexibility index (Phi) is 5.08. The molecule has 0 bridgehead atoms. The van der Waals surface area contributed by atoms with Crippen LogP contribution >= 0.6 is 0 Å². The van der Waals surface area contributed by atoms with Crippen molar-refractivity contribution in [3.63, 3.8) is 0 Å². The Morgan fingerprint density at radius 2 is 1.65 bits per heavy atom. The van der Waals surface area contributed by atoms with Gasteiger partial charge in [0.15, 0.2) is 0 Å². The van der Waals surface area contributed by atoms with Crippen molar-refractivity contribution < 1.29 is 17.6 Å². The largest absolute Gasteiger partial charge is 0.416 e. The van der Waals surface area contributed by atoms with Gasteiger partial charge in [0.25, 0.3) is 0 Å². The molecule has 4 rings (SSSR count). The molecule has 3 heterocycles. The van der Waals surface area contributed by atoms with Crippen LogP contribution in [0, 0.1) is 5.95 Å². The number of alkyl halides is 3. The van der Waals surface area contributed by atoms with Crippen molar-refractivity contribution >= 4 is 0 Å². The van der Waals surface area contributed by atoms with Crippen LogP contribution in [-0.2, 0) is 11.6 Å². The Hall–Kier alpha value is -3.55. The summed E-state index contributed by atoms with van der Waals surface area (Å²) < 4.78 is 54.6. The smallest absolute Gasteiger partial charge is 0.252 e. The van der Waals surface area contributed by atoms with Gasteiger partial charge in [0.2, 0.25) is 5.95 Å². The minimum absolute atomic E-state index is 0.287. The molecule has 4 nitrogen and oxygen atoms in total. The number of benzene rings is 1. The summed E-state index contributed by atoms with van der Waals surface area (Å²) in [7, 11) is 0. The minimum atomic E-state index is -4.43. The first-order valence-electron chi connectivity index (χ1n) is 9.48. The first kappa shape index (κ1) is 20.7. The zero-order valence-electron chi connectivity index (χ0n) is 16.7. The molecule has 0 aliphatic carbocycles. The number of pyridine rings is 2. The van der Waals surface area contributed by atoms with Crippen molar-refractivity contribution in [2.75, 3.05) is 0 Å². The lowest BCUT2D eigenvalue weighted by atomic mass is 9.85. The van der Waals surface area contributed by atoms with Crippen molar-refractivity contribution in [1.82, 2.24) is 19.7 Å². The fraction of sp³-hybridized carbons (Fsp3) is 0.174. The van der Waals surface area contributed by atoms with Gasteiger partial charge in [-0.1, -0.05) is 12.1 Å². The van der Waals surface area contributed by atoms with Crippen LogP contribution in [0.5, 0.6) is 0 Å². The number of aromatic nitrogens is 4. The molecule has 0 N–H and O–H groups in total. The summed E-state index contributed by atoms with van der Waals surface area (Å²) in [6.45, 7) is 3.80. The number of rotatable bonds is 4. The fourth-order valence-electron chi connectivity index (χ4n) is 3.27. The SMILES string of the molecule is CC(C)(c1cccc(-c2cccnc2F)n1)c1ccn(-c2cccc(C(F)(F)F)c2)n1. The molecule has 0 aliphatic rings. The van der Waals surface area contributed by atoms with Crippen LogP contribution in [0.1, 0.15) is 30.8 Å². The van der Waals surface area contributed by atoms with Crippen LogP contribution in [0.15, 0.2) is 73.1 Å². The van der Waals surface area contributed by atoms with E-state index in [2.05, 4.69) is 15.1 Å². The van der Waals surface area contributed by atoms with E-state index >= 15 is 0 Å². The maximum Gasteiger partial charge on any atom is 0.416 e. The van der Waals surface area contributed by atoms with Gasteiger partial charge in [-0.25, -0.2) is 9.67 Å². The molecule has 0 fully saturated rings. The molecule has 0 aliphatic heterocycles. The predicted molar refractivity (Wildman–Crippen MR) is 108 cm³/mol. The average Bonchev–Trinajstić information content (AvgIpc) is 3.25. The third kappa shape index (κ3) is 4.05. The monoisotopic (exact) mass is 426 g/mol. The summed E-state index contributed by atoms with van der Waals surface area (Å²) in [5.74, 6) is -0.612. The zero-order chi connectivity index (χ0) is 22.2. The highest BCUT2D eigenvalue weighted by Gasteiger charge is 2.31. The maximum atomic E-state index is 14.1. The van der Waals surface area contributed by atoms with Crippen LogP contribution in [0.3, 0.4) is 0 Å². The van der Waals surface area contributed by atoms with E-state index in [0.29, 0.717) is 22.8 Å². The number of hydrogen-bond acceptors (Lipinski definition) is 3. The second kappa shape index (κ2) is 7.61. The Bertz CT molecular complexity index is 1230. The fourth-order valence-corrected chi connectivity index (χ4v) is 3.27. The van der Waals surface area contributed by atoms with E-state index in [1.54, 1.807) is 48.7 Å². The number of hydrogen-bond donors (Lipinski definition) is 0. The van der Waals surface area contributed by atoms with Crippen LogP contribution in [0.2, 0.25) is 0 Å². The molecule has 0 amide bonds. The molecule has 31 heavy (non-hydrogen) atoms. The van der Waals surface area contributed by atoms with E-state index in [1.807, 2.05) is 13.8 Å². The van der Waals surface area contributed by atoms with E-state index in [4.69, 9.17) is 0 Å². The van der Waals surface area contributed by atoms with Crippen molar-refractivity contribution in [2.24, 2.45) is 0 Å². The molecule has 0 atom stereocenters. The molecule has 8 heteroatoms. The van der Waals surface area contributed by atoms with E-state index in [0.717, 1.165) is 12.1 Å². The molecule has 1 aromatic carbocycles. The standard InChI is InChI=1S/C23H18F4N4/c1-22(2,19-10-4-9-18(29-19)17-8-5-12-28-21(17)24)20-11-13-31(30-20)16-7-3-6-15(14-16)23(25,26)27/h3-14H,1-2H3. The Morgan fingerprint density at radius 3 is 2.39 bits per heavy atom. The molecular formula is C23H18F4N4. The topological polar surface area (TPSA) is 43.6 Å². The first-order chi connectivity index (χ1) is 14.7. The van der Waals surface area contributed by atoms with Gasteiger partial charge < -0.3 is 0 Å². The van der Waals surface area contributed by atoms with Crippen LogP contribution in [0.4, 0.5) is 17.6 Å². The van der Waals surface area contributed by atoms with Gasteiger partial charge in [0, 0.05) is 12.4 Å². The van der Waals surface area contributed by atoms with Crippen LogP contribution in [-0.4, -0.2) is 19.7 Å². The van der Waals surface area contributed by atoms with Gasteiger partial charge in [-0.05, 0) is 62.4 Å². The van der Waals surface area contributed by atoms with Crippen LogP contribution in [0.25, 0.3) is 16.9 Å². The molecule has 0 spiro atoms. The third-order valence-electron chi connectivity index (χ3n) is 5.09. The average molecular weight is 426 g/mol. The third-order valence-corrected chi connectivity index (χ3v) is 5.09. The van der Waals surface area contributed by atoms with Gasteiger partial charge in [-0.3, -0.25) is 4.98 Å². The molecule has 0 saturated heterocycles. The molecule has 0 saturated carbocycles. The minimum Gasteiger partial charge on any atom is -0.252 e. The summed E-state index contributed by atoms with van der Waals surface area (Å²) in [6, 6.07) is 15.2. The number of halogens is 4. The van der Waals surface area contributed by atoms with Crippen LogP contribution < -0.4 is 0 Å². The normalized spacial score (nSPS) is 12.2. The molecule has 158 valence electrons. The summed E-state index contributed by atoms with van der Waals surface area (Å²) in [4.78, 5) is 8.27. The van der Waals surface area contributed by atoms with E-state index < -0.39 is 23.1 Å². The lowest BCUT2D eigenvalue weighted by Crippen LogP contribution is -2.22. The Balaban J connectivity index is 1.69. The van der Waals surface area contributed by atoms with Gasteiger partial charge in [-0.2, -0.15) is 22.7 Å². The van der Waals surface area contributed by atoms with Gasteiger partial charge in [0.05, 0.1) is 39.3 Å². The second-order valence-corrected chi connectivity index (χ2v) is 7.57. The van der Waals surface area contributed by atoms with Gasteiger partial charge in [-0.15, -0.1) is 0 Å². The van der Waals surface area contributed by atoms with Crippen molar-refractivity contribution in [3.8, 4) is 16.9 Å². The maximum absolute atomic E-state index is 14.1. The molecule has 0 unspecified atom stereocenters. The predicted octanol–water partition coefficient (Wildman–Crippen LogP) is 5.81. The van der Waals surface area contributed by atoms with Crippen molar-refractivity contribution in [1.29, 1.82) is 0 Å².